The van der Waals surface area contributed by atoms with E-state index in [1.54, 1.807) is 17.9 Å². The van der Waals surface area contributed by atoms with Crippen molar-refractivity contribution < 1.29 is 4.79 Å². The number of hydrogen-bond acceptors (Lipinski definition) is 4. The quantitative estimate of drug-likeness (QED) is 0.867. The molecule has 1 amide bonds. The summed E-state index contributed by atoms with van der Waals surface area (Å²) in [5, 5.41) is 3.34. The molecule has 0 aliphatic heterocycles. The van der Waals surface area contributed by atoms with Crippen LogP contribution in [-0.4, -0.2) is 33.9 Å². The van der Waals surface area contributed by atoms with E-state index < -0.39 is 0 Å². The maximum Gasteiger partial charge on any atom is 0.272 e. The number of carbonyl (C=O) groups is 1. The van der Waals surface area contributed by atoms with Crippen LogP contribution in [0.5, 0.6) is 0 Å². The standard InChI is InChI=1S/C19H26N4O/c1-6-23(7-2)19(24)17-12-18(21-14(5)20-17)22-16-11-9-8-10-15(16)13(3)4/h8-13H,6-7H2,1-5H3,(H,20,21,22). The number of amides is 1. The molecule has 0 saturated carbocycles. The van der Waals surface area contributed by atoms with Crippen molar-refractivity contribution in [3.8, 4) is 0 Å². The predicted molar refractivity (Wildman–Crippen MR) is 97.8 cm³/mol. The van der Waals surface area contributed by atoms with Crippen LogP contribution in [0.25, 0.3) is 0 Å². The first-order valence-electron chi connectivity index (χ1n) is 8.47. The Morgan fingerprint density at radius 3 is 2.46 bits per heavy atom. The van der Waals surface area contributed by atoms with E-state index in [4.69, 9.17) is 0 Å². The van der Waals surface area contributed by atoms with E-state index in [1.165, 1.54) is 5.56 Å². The fraction of sp³-hybridized carbons (Fsp3) is 0.421. The highest BCUT2D eigenvalue weighted by atomic mass is 16.2. The Labute approximate surface area is 144 Å². The smallest absolute Gasteiger partial charge is 0.272 e. The molecule has 0 saturated heterocycles. The summed E-state index contributed by atoms with van der Waals surface area (Å²) >= 11 is 0. The van der Waals surface area contributed by atoms with E-state index >= 15 is 0 Å². The molecule has 0 aliphatic rings. The number of para-hydroxylation sites is 1. The Morgan fingerprint density at radius 1 is 1.17 bits per heavy atom. The molecule has 1 N–H and O–H groups in total. The predicted octanol–water partition coefficient (Wildman–Crippen LogP) is 4.13. The van der Waals surface area contributed by atoms with Crippen molar-refractivity contribution >= 4 is 17.4 Å². The summed E-state index contributed by atoms with van der Waals surface area (Å²) in [6, 6.07) is 9.87. The Morgan fingerprint density at radius 2 is 1.83 bits per heavy atom. The Kier molecular flexibility index (Phi) is 5.90. The summed E-state index contributed by atoms with van der Waals surface area (Å²) in [5.74, 6) is 1.56. The molecule has 0 spiro atoms. The van der Waals surface area contributed by atoms with Crippen LogP contribution in [0.3, 0.4) is 0 Å². The molecule has 128 valence electrons. The van der Waals surface area contributed by atoms with Crippen molar-refractivity contribution in [1.82, 2.24) is 14.9 Å². The van der Waals surface area contributed by atoms with Gasteiger partial charge in [-0.25, -0.2) is 9.97 Å². The third kappa shape index (κ3) is 4.10. The molecular formula is C19H26N4O. The lowest BCUT2D eigenvalue weighted by atomic mass is 10.0. The highest BCUT2D eigenvalue weighted by Gasteiger charge is 2.16. The lowest BCUT2D eigenvalue weighted by molar-refractivity contribution is 0.0766. The number of nitrogens with zero attached hydrogens (tertiary/aromatic N) is 3. The molecule has 0 atom stereocenters. The minimum Gasteiger partial charge on any atom is -0.340 e. The number of aromatic nitrogens is 2. The maximum atomic E-state index is 12.5. The van der Waals surface area contributed by atoms with Crippen molar-refractivity contribution in [3.05, 3.63) is 47.4 Å². The number of carbonyl (C=O) groups excluding carboxylic acids is 1. The molecule has 2 rings (SSSR count). The van der Waals surface area contributed by atoms with Crippen LogP contribution >= 0.6 is 0 Å². The minimum atomic E-state index is -0.0642. The molecule has 1 aromatic carbocycles. The highest BCUT2D eigenvalue weighted by molar-refractivity contribution is 5.93. The zero-order chi connectivity index (χ0) is 17.7. The average molecular weight is 326 g/mol. The van der Waals surface area contributed by atoms with Gasteiger partial charge in [-0.3, -0.25) is 4.79 Å². The highest BCUT2D eigenvalue weighted by Crippen LogP contribution is 2.26. The second kappa shape index (κ2) is 7.90. The minimum absolute atomic E-state index is 0.0642. The number of aryl methyl sites for hydroxylation is 1. The number of hydrogen-bond donors (Lipinski definition) is 1. The van der Waals surface area contributed by atoms with Crippen molar-refractivity contribution in [3.63, 3.8) is 0 Å². The molecule has 1 aromatic heterocycles. The maximum absolute atomic E-state index is 12.5. The summed E-state index contributed by atoms with van der Waals surface area (Å²) in [7, 11) is 0. The van der Waals surface area contributed by atoms with Crippen molar-refractivity contribution in [2.45, 2.75) is 40.5 Å². The SMILES string of the molecule is CCN(CC)C(=O)c1cc(Nc2ccccc2C(C)C)nc(C)n1. The van der Waals surface area contributed by atoms with Gasteiger partial charge in [0.25, 0.3) is 5.91 Å². The summed E-state index contributed by atoms with van der Waals surface area (Å²) in [6.45, 7) is 11.4. The Hall–Kier alpha value is -2.43. The van der Waals surface area contributed by atoms with Gasteiger partial charge in [-0.2, -0.15) is 0 Å². The molecule has 1 heterocycles. The summed E-state index contributed by atoms with van der Waals surface area (Å²) in [5.41, 5.74) is 2.65. The topological polar surface area (TPSA) is 58.1 Å². The van der Waals surface area contributed by atoms with Gasteiger partial charge in [-0.1, -0.05) is 32.0 Å². The van der Waals surface area contributed by atoms with E-state index in [2.05, 4.69) is 35.2 Å². The molecular weight excluding hydrogens is 300 g/mol. The molecule has 24 heavy (non-hydrogen) atoms. The average Bonchev–Trinajstić information content (AvgIpc) is 2.55. The molecule has 0 bridgehead atoms. The second-order valence-corrected chi connectivity index (χ2v) is 6.03. The first-order chi connectivity index (χ1) is 11.5. The first kappa shape index (κ1) is 17.9. The number of benzene rings is 1. The zero-order valence-corrected chi connectivity index (χ0v) is 15.1. The summed E-state index contributed by atoms with van der Waals surface area (Å²) < 4.78 is 0. The van der Waals surface area contributed by atoms with Gasteiger partial charge in [0, 0.05) is 24.8 Å². The van der Waals surface area contributed by atoms with Gasteiger partial charge in [0.1, 0.15) is 17.3 Å². The van der Waals surface area contributed by atoms with Crippen molar-refractivity contribution in [2.75, 3.05) is 18.4 Å². The molecule has 5 heteroatoms. The van der Waals surface area contributed by atoms with E-state index in [-0.39, 0.29) is 5.91 Å². The van der Waals surface area contributed by atoms with Crippen LogP contribution in [0.1, 0.15) is 55.5 Å². The van der Waals surface area contributed by atoms with Crippen LogP contribution in [0.2, 0.25) is 0 Å². The lowest BCUT2D eigenvalue weighted by Crippen LogP contribution is -2.31. The van der Waals surface area contributed by atoms with Crippen LogP contribution in [0.4, 0.5) is 11.5 Å². The lowest BCUT2D eigenvalue weighted by Gasteiger charge is -2.19. The van der Waals surface area contributed by atoms with E-state index in [9.17, 15) is 4.79 Å². The van der Waals surface area contributed by atoms with Gasteiger partial charge in [-0.05, 0) is 38.3 Å². The van der Waals surface area contributed by atoms with Crippen LogP contribution in [-0.2, 0) is 0 Å². The van der Waals surface area contributed by atoms with Gasteiger partial charge in [-0.15, -0.1) is 0 Å². The normalized spacial score (nSPS) is 10.8. The van der Waals surface area contributed by atoms with E-state index in [0.717, 1.165) is 5.69 Å². The molecule has 0 radical (unpaired) electrons. The van der Waals surface area contributed by atoms with Gasteiger partial charge in [0.05, 0.1) is 0 Å². The third-order valence-corrected chi connectivity index (χ3v) is 3.95. The molecule has 0 aliphatic carbocycles. The number of rotatable bonds is 6. The molecule has 5 nitrogen and oxygen atoms in total. The third-order valence-electron chi connectivity index (χ3n) is 3.95. The number of nitrogens with one attached hydrogen (secondary N) is 1. The second-order valence-electron chi connectivity index (χ2n) is 6.03. The van der Waals surface area contributed by atoms with Gasteiger partial charge in [0.2, 0.25) is 0 Å². The first-order valence-corrected chi connectivity index (χ1v) is 8.47. The fourth-order valence-electron chi connectivity index (χ4n) is 2.67. The summed E-state index contributed by atoms with van der Waals surface area (Å²) in [6.07, 6.45) is 0. The van der Waals surface area contributed by atoms with Crippen molar-refractivity contribution in [1.29, 1.82) is 0 Å². The van der Waals surface area contributed by atoms with Gasteiger partial charge in [0.15, 0.2) is 0 Å². The van der Waals surface area contributed by atoms with Crippen LogP contribution in [0.15, 0.2) is 30.3 Å². The van der Waals surface area contributed by atoms with Crippen LogP contribution in [0, 0.1) is 6.92 Å². The zero-order valence-electron chi connectivity index (χ0n) is 15.1. The fourth-order valence-corrected chi connectivity index (χ4v) is 2.67. The van der Waals surface area contributed by atoms with Crippen molar-refractivity contribution in [2.24, 2.45) is 0 Å². The van der Waals surface area contributed by atoms with Gasteiger partial charge >= 0.3 is 0 Å². The van der Waals surface area contributed by atoms with E-state index in [0.29, 0.717) is 36.3 Å². The Balaban J connectivity index is 2.34. The molecule has 2 aromatic rings. The molecule has 0 unspecified atom stereocenters. The largest absolute Gasteiger partial charge is 0.340 e. The monoisotopic (exact) mass is 326 g/mol. The number of anilines is 2. The van der Waals surface area contributed by atoms with E-state index in [1.807, 2.05) is 32.0 Å². The molecule has 0 fully saturated rings. The van der Waals surface area contributed by atoms with Gasteiger partial charge < -0.3 is 10.2 Å². The van der Waals surface area contributed by atoms with Crippen LogP contribution < -0.4 is 5.32 Å². The Bertz CT molecular complexity index is 708. The summed E-state index contributed by atoms with van der Waals surface area (Å²) in [4.78, 5) is 23.0.